The van der Waals surface area contributed by atoms with Gasteiger partial charge in [-0.3, -0.25) is 4.79 Å². The van der Waals surface area contributed by atoms with Crippen LogP contribution in [0.25, 0.3) is 16.9 Å². The molecule has 4 rings (SSSR count). The maximum Gasteiger partial charge on any atom is 0.266 e. The third kappa shape index (κ3) is 4.14. The van der Waals surface area contributed by atoms with Crippen molar-refractivity contribution in [2.24, 2.45) is 0 Å². The van der Waals surface area contributed by atoms with Crippen LogP contribution in [0.5, 0.6) is 11.5 Å². The Labute approximate surface area is 192 Å². The number of methoxy groups -OCH3 is 3. The van der Waals surface area contributed by atoms with Gasteiger partial charge in [-0.05, 0) is 45.8 Å². The van der Waals surface area contributed by atoms with Gasteiger partial charge in [-0.1, -0.05) is 17.3 Å². The summed E-state index contributed by atoms with van der Waals surface area (Å²) in [6.45, 7) is 0. The Kier molecular flexibility index (Phi) is 6.33. The number of nitrogens with zero attached hydrogens (tertiary/aromatic N) is 4. The molecule has 0 saturated heterocycles. The highest BCUT2D eigenvalue weighted by Gasteiger charge is 2.27. The van der Waals surface area contributed by atoms with E-state index in [1.54, 1.807) is 55.6 Å². The fraction of sp³-hybridized carbons (Fsp3) is 0.182. The first-order valence-corrected chi connectivity index (χ1v) is 10.3. The van der Waals surface area contributed by atoms with Crippen molar-refractivity contribution in [3.63, 3.8) is 0 Å². The van der Waals surface area contributed by atoms with Crippen LogP contribution in [0.4, 0.5) is 0 Å². The third-order valence-corrected chi connectivity index (χ3v) is 5.59. The first-order chi connectivity index (χ1) is 15.5. The quantitative estimate of drug-likeness (QED) is 0.332. The SMILES string of the molecule is COc1cc(-c2coc(C(=O)C(OC)c3ccc(-n4ccnn4)cc3)n2)cc(OC)c1Br. The van der Waals surface area contributed by atoms with Gasteiger partial charge in [0.15, 0.2) is 6.10 Å². The van der Waals surface area contributed by atoms with Crippen LogP contribution in [0.1, 0.15) is 22.4 Å². The Bertz CT molecular complexity index is 1200. The van der Waals surface area contributed by atoms with E-state index in [-0.39, 0.29) is 5.89 Å². The van der Waals surface area contributed by atoms with Crippen molar-refractivity contribution in [2.45, 2.75) is 6.10 Å². The average Bonchev–Trinajstić information content (AvgIpc) is 3.53. The van der Waals surface area contributed by atoms with Gasteiger partial charge in [0.25, 0.3) is 11.7 Å². The van der Waals surface area contributed by atoms with E-state index in [1.807, 2.05) is 12.1 Å². The summed E-state index contributed by atoms with van der Waals surface area (Å²) in [6, 6.07) is 10.8. The first kappa shape index (κ1) is 21.7. The highest BCUT2D eigenvalue weighted by atomic mass is 79.9. The normalized spacial score (nSPS) is 11.9. The molecule has 0 fully saturated rings. The van der Waals surface area contributed by atoms with Crippen LogP contribution in [0.3, 0.4) is 0 Å². The number of ketones is 1. The van der Waals surface area contributed by atoms with Gasteiger partial charge in [0, 0.05) is 12.7 Å². The number of Topliss-reactive ketones (excluding diaryl/α,β-unsaturated/α-hetero) is 1. The molecule has 2 aromatic heterocycles. The standard InChI is InChI=1S/C22H19BrN4O5/c1-29-17-10-14(11-18(30-2)19(17)23)16-12-32-22(25-16)20(28)21(31-3)13-4-6-15(7-5-13)27-9-8-24-26-27/h4-12,21H,1-3H3. The summed E-state index contributed by atoms with van der Waals surface area (Å²) in [5, 5.41) is 7.74. The number of halogens is 1. The van der Waals surface area contributed by atoms with Crippen LogP contribution in [0.2, 0.25) is 0 Å². The molecule has 0 spiro atoms. The van der Waals surface area contributed by atoms with Crippen LogP contribution in [0.15, 0.2) is 63.9 Å². The minimum absolute atomic E-state index is 0.0620. The number of ether oxygens (including phenoxy) is 3. The van der Waals surface area contributed by atoms with Crippen molar-refractivity contribution >= 4 is 21.7 Å². The average molecular weight is 499 g/mol. The lowest BCUT2D eigenvalue weighted by Gasteiger charge is -2.13. The van der Waals surface area contributed by atoms with Crippen molar-refractivity contribution in [1.82, 2.24) is 20.0 Å². The number of benzene rings is 2. The molecule has 0 bridgehead atoms. The molecule has 2 aromatic carbocycles. The van der Waals surface area contributed by atoms with Crippen molar-refractivity contribution in [1.29, 1.82) is 0 Å². The maximum atomic E-state index is 13.1. The van der Waals surface area contributed by atoms with Gasteiger partial charge < -0.3 is 18.6 Å². The van der Waals surface area contributed by atoms with Crippen molar-refractivity contribution in [3.05, 3.63) is 71.0 Å². The molecular formula is C22H19BrN4O5. The molecule has 0 aliphatic carbocycles. The summed E-state index contributed by atoms with van der Waals surface area (Å²) in [6.07, 6.45) is 3.86. The molecule has 0 amide bonds. The van der Waals surface area contributed by atoms with E-state index >= 15 is 0 Å². The van der Waals surface area contributed by atoms with Gasteiger partial charge >= 0.3 is 0 Å². The second-order valence-corrected chi connectivity index (χ2v) is 7.44. The van der Waals surface area contributed by atoms with Crippen LogP contribution in [-0.4, -0.2) is 47.1 Å². The van der Waals surface area contributed by atoms with Gasteiger partial charge in [-0.2, -0.15) is 0 Å². The predicted octanol–water partition coefficient (Wildman–Crippen LogP) is 4.27. The molecule has 164 valence electrons. The Morgan fingerprint density at radius 1 is 1.09 bits per heavy atom. The second kappa shape index (κ2) is 9.33. The number of oxazole rings is 1. The Morgan fingerprint density at radius 2 is 1.78 bits per heavy atom. The molecule has 10 heteroatoms. The van der Waals surface area contributed by atoms with E-state index < -0.39 is 11.9 Å². The summed E-state index contributed by atoms with van der Waals surface area (Å²) in [4.78, 5) is 17.4. The van der Waals surface area contributed by atoms with Gasteiger partial charge in [0.2, 0.25) is 0 Å². The predicted molar refractivity (Wildman–Crippen MR) is 118 cm³/mol. The summed E-state index contributed by atoms with van der Waals surface area (Å²) in [5.41, 5.74) is 2.61. The lowest BCUT2D eigenvalue weighted by atomic mass is 10.0. The van der Waals surface area contributed by atoms with Crippen LogP contribution >= 0.6 is 15.9 Å². The lowest BCUT2D eigenvalue weighted by Crippen LogP contribution is -2.15. The smallest absolute Gasteiger partial charge is 0.266 e. The zero-order chi connectivity index (χ0) is 22.7. The third-order valence-electron chi connectivity index (χ3n) is 4.81. The molecule has 0 N–H and O–H groups in total. The number of hydrogen-bond donors (Lipinski definition) is 0. The van der Waals surface area contributed by atoms with Crippen molar-refractivity contribution in [3.8, 4) is 28.4 Å². The number of rotatable bonds is 8. The number of carbonyl (C=O) groups excluding carboxylic acids is 1. The summed E-state index contributed by atoms with van der Waals surface area (Å²) in [7, 11) is 4.57. The summed E-state index contributed by atoms with van der Waals surface area (Å²) in [5.74, 6) is 0.672. The van der Waals surface area contributed by atoms with Crippen molar-refractivity contribution < 1.29 is 23.4 Å². The molecule has 32 heavy (non-hydrogen) atoms. The van der Waals surface area contributed by atoms with E-state index in [2.05, 4.69) is 31.2 Å². The van der Waals surface area contributed by atoms with Gasteiger partial charge in [0.1, 0.15) is 27.9 Å². The zero-order valence-corrected chi connectivity index (χ0v) is 19.1. The largest absolute Gasteiger partial charge is 0.495 e. The van der Waals surface area contributed by atoms with Crippen LogP contribution in [0, 0.1) is 0 Å². The molecule has 9 nitrogen and oxygen atoms in total. The minimum atomic E-state index is -0.875. The van der Waals surface area contributed by atoms with Gasteiger partial charge in [0.05, 0.1) is 32.3 Å². The number of carbonyl (C=O) groups is 1. The highest BCUT2D eigenvalue weighted by Crippen LogP contribution is 2.38. The summed E-state index contributed by atoms with van der Waals surface area (Å²) < 4.78 is 24.0. The molecule has 0 aliphatic heterocycles. The molecule has 0 saturated carbocycles. The van der Waals surface area contributed by atoms with Crippen molar-refractivity contribution in [2.75, 3.05) is 21.3 Å². The zero-order valence-electron chi connectivity index (χ0n) is 17.5. The lowest BCUT2D eigenvalue weighted by molar-refractivity contribution is 0.0569. The summed E-state index contributed by atoms with van der Waals surface area (Å²) >= 11 is 3.44. The van der Waals surface area contributed by atoms with E-state index in [0.29, 0.717) is 32.8 Å². The molecule has 4 aromatic rings. The fourth-order valence-electron chi connectivity index (χ4n) is 3.19. The van der Waals surface area contributed by atoms with E-state index in [0.717, 1.165) is 5.69 Å². The Balaban J connectivity index is 1.60. The number of hydrogen-bond acceptors (Lipinski definition) is 8. The molecule has 1 atom stereocenters. The second-order valence-electron chi connectivity index (χ2n) is 6.65. The molecular weight excluding hydrogens is 480 g/mol. The Morgan fingerprint density at radius 3 is 2.34 bits per heavy atom. The molecule has 2 heterocycles. The first-order valence-electron chi connectivity index (χ1n) is 9.46. The van der Waals surface area contributed by atoms with Crippen LogP contribution < -0.4 is 9.47 Å². The molecule has 1 unspecified atom stereocenters. The maximum absolute atomic E-state index is 13.1. The Hall–Kier alpha value is -3.50. The molecule has 0 aliphatic rings. The van der Waals surface area contributed by atoms with Gasteiger partial charge in [-0.25, -0.2) is 9.67 Å². The van der Waals surface area contributed by atoms with E-state index in [4.69, 9.17) is 18.6 Å². The fourth-order valence-corrected chi connectivity index (χ4v) is 3.74. The number of aromatic nitrogens is 4. The monoisotopic (exact) mass is 498 g/mol. The topological polar surface area (TPSA) is 102 Å². The minimum Gasteiger partial charge on any atom is -0.495 e. The van der Waals surface area contributed by atoms with Gasteiger partial charge in [-0.15, -0.1) is 5.10 Å². The van der Waals surface area contributed by atoms with E-state index in [1.165, 1.54) is 13.4 Å². The molecule has 0 radical (unpaired) electrons. The van der Waals surface area contributed by atoms with Crippen LogP contribution in [-0.2, 0) is 4.74 Å². The van der Waals surface area contributed by atoms with E-state index in [9.17, 15) is 4.79 Å². The highest BCUT2D eigenvalue weighted by molar-refractivity contribution is 9.10.